The first-order valence-corrected chi connectivity index (χ1v) is 8.78. The first-order valence-electron chi connectivity index (χ1n) is 7.96. The largest absolute Gasteiger partial charge is 0.378 e. The Morgan fingerprint density at radius 2 is 1.77 bits per heavy atom. The Bertz CT molecular complexity index is 645. The molecule has 0 atom stereocenters. The summed E-state index contributed by atoms with van der Waals surface area (Å²) in [6, 6.07) is 6.67. The number of hydrogen-bond acceptors (Lipinski definition) is 6. The zero-order chi connectivity index (χ0) is 14.9. The third-order valence-corrected chi connectivity index (χ3v) is 5.61. The Morgan fingerprint density at radius 1 is 1.00 bits per heavy atom. The number of hydrogen-bond donors (Lipinski definition) is 0. The molecule has 1 aromatic carbocycles. The van der Waals surface area contributed by atoms with E-state index in [1.54, 1.807) is 0 Å². The van der Waals surface area contributed by atoms with E-state index in [2.05, 4.69) is 39.9 Å². The van der Waals surface area contributed by atoms with Crippen LogP contribution in [-0.2, 0) is 4.74 Å². The smallest absolute Gasteiger partial charge is 0.186 e. The van der Waals surface area contributed by atoms with E-state index in [0.29, 0.717) is 0 Å². The van der Waals surface area contributed by atoms with Gasteiger partial charge in [-0.1, -0.05) is 11.3 Å². The van der Waals surface area contributed by atoms with Gasteiger partial charge in [0.15, 0.2) is 5.13 Å². The highest BCUT2D eigenvalue weighted by Gasteiger charge is 2.18. The van der Waals surface area contributed by atoms with E-state index in [1.165, 1.54) is 15.5 Å². The maximum Gasteiger partial charge on any atom is 0.186 e. The van der Waals surface area contributed by atoms with Gasteiger partial charge in [-0.2, -0.15) is 0 Å². The molecule has 0 spiro atoms. The Morgan fingerprint density at radius 3 is 2.55 bits per heavy atom. The summed E-state index contributed by atoms with van der Waals surface area (Å²) < 4.78 is 6.72. The van der Waals surface area contributed by atoms with Gasteiger partial charge in [0.2, 0.25) is 0 Å². The second kappa shape index (κ2) is 6.02. The second-order valence-corrected chi connectivity index (χ2v) is 7.05. The standard InChI is InChI=1S/C16H22N4OS/c1-18-4-6-20(7-5-18)16-17-14-12-13(2-3-15(14)22-16)19-8-10-21-11-9-19/h2-3,12H,4-11H2,1H3. The summed E-state index contributed by atoms with van der Waals surface area (Å²) in [6.45, 7) is 7.98. The lowest BCUT2D eigenvalue weighted by Crippen LogP contribution is -2.44. The summed E-state index contributed by atoms with van der Waals surface area (Å²) in [4.78, 5) is 12.1. The minimum atomic E-state index is 0.821. The van der Waals surface area contributed by atoms with E-state index in [1.807, 2.05) is 11.3 Å². The average molecular weight is 318 g/mol. The van der Waals surface area contributed by atoms with E-state index >= 15 is 0 Å². The Kier molecular flexibility index (Phi) is 3.90. The normalized spacial score (nSPS) is 20.8. The van der Waals surface area contributed by atoms with Crippen LogP contribution in [0.3, 0.4) is 0 Å². The van der Waals surface area contributed by atoms with Crippen molar-refractivity contribution in [3.05, 3.63) is 18.2 Å². The number of likely N-dealkylation sites (N-methyl/N-ethyl adjacent to an activating group) is 1. The highest BCUT2D eigenvalue weighted by atomic mass is 32.1. The number of ether oxygens (including phenoxy) is 1. The molecule has 0 N–H and O–H groups in total. The molecule has 2 aliphatic heterocycles. The molecule has 0 saturated carbocycles. The van der Waals surface area contributed by atoms with Crippen LogP contribution in [0.1, 0.15) is 0 Å². The van der Waals surface area contributed by atoms with Gasteiger partial charge in [0.1, 0.15) is 0 Å². The lowest BCUT2D eigenvalue weighted by Gasteiger charge is -2.32. The molecular formula is C16H22N4OS. The van der Waals surface area contributed by atoms with E-state index in [9.17, 15) is 0 Å². The van der Waals surface area contributed by atoms with Crippen LogP contribution in [0.2, 0.25) is 0 Å². The van der Waals surface area contributed by atoms with Gasteiger partial charge in [-0.3, -0.25) is 0 Å². The predicted molar refractivity (Wildman–Crippen MR) is 92.4 cm³/mol. The Labute approximate surface area is 135 Å². The molecule has 2 aromatic rings. The van der Waals surface area contributed by atoms with Crippen molar-refractivity contribution in [2.24, 2.45) is 0 Å². The van der Waals surface area contributed by atoms with Crippen molar-refractivity contribution in [3.8, 4) is 0 Å². The van der Waals surface area contributed by atoms with Crippen LogP contribution in [0.25, 0.3) is 10.2 Å². The number of benzene rings is 1. The molecule has 0 unspecified atom stereocenters. The van der Waals surface area contributed by atoms with Crippen LogP contribution in [-0.4, -0.2) is 69.4 Å². The second-order valence-electron chi connectivity index (χ2n) is 6.04. The van der Waals surface area contributed by atoms with Gasteiger partial charge in [0.25, 0.3) is 0 Å². The minimum Gasteiger partial charge on any atom is -0.378 e. The van der Waals surface area contributed by atoms with Gasteiger partial charge in [0.05, 0.1) is 23.4 Å². The third kappa shape index (κ3) is 2.78. The summed E-state index contributed by atoms with van der Waals surface area (Å²) in [6.07, 6.45) is 0. The molecular weight excluding hydrogens is 296 g/mol. The van der Waals surface area contributed by atoms with E-state index in [-0.39, 0.29) is 0 Å². The SMILES string of the molecule is CN1CCN(c2nc3cc(N4CCOCC4)ccc3s2)CC1. The number of thiazole rings is 1. The maximum atomic E-state index is 5.43. The molecule has 5 nitrogen and oxygen atoms in total. The van der Waals surface area contributed by atoms with E-state index in [0.717, 1.165) is 58.0 Å². The number of anilines is 2. The summed E-state index contributed by atoms with van der Waals surface area (Å²) in [7, 11) is 2.18. The van der Waals surface area contributed by atoms with Gasteiger partial charge >= 0.3 is 0 Å². The maximum absolute atomic E-state index is 5.43. The van der Waals surface area contributed by atoms with Crippen LogP contribution in [0.15, 0.2) is 18.2 Å². The Balaban J connectivity index is 1.58. The number of nitrogens with zero attached hydrogens (tertiary/aromatic N) is 4. The average Bonchev–Trinajstić information content (AvgIpc) is 2.99. The van der Waals surface area contributed by atoms with Gasteiger partial charge in [-0.05, 0) is 25.2 Å². The van der Waals surface area contributed by atoms with Crippen LogP contribution in [0.5, 0.6) is 0 Å². The summed E-state index contributed by atoms with van der Waals surface area (Å²) >= 11 is 1.81. The zero-order valence-electron chi connectivity index (χ0n) is 13.0. The number of piperazine rings is 1. The molecule has 2 fully saturated rings. The fourth-order valence-electron chi connectivity index (χ4n) is 3.05. The molecule has 118 valence electrons. The molecule has 4 rings (SSSR count). The summed E-state index contributed by atoms with van der Waals surface area (Å²) in [5, 5.41) is 1.17. The van der Waals surface area contributed by atoms with Gasteiger partial charge in [-0.15, -0.1) is 0 Å². The topological polar surface area (TPSA) is 31.8 Å². The summed E-state index contributed by atoms with van der Waals surface area (Å²) in [5.41, 5.74) is 2.40. The molecule has 3 heterocycles. The van der Waals surface area contributed by atoms with Crippen molar-refractivity contribution in [2.75, 3.05) is 69.3 Å². The number of aromatic nitrogens is 1. The third-order valence-electron chi connectivity index (χ3n) is 4.51. The first kappa shape index (κ1) is 14.2. The van der Waals surface area contributed by atoms with Gasteiger partial charge in [-0.25, -0.2) is 4.98 Å². The van der Waals surface area contributed by atoms with E-state index < -0.39 is 0 Å². The molecule has 0 radical (unpaired) electrons. The highest BCUT2D eigenvalue weighted by molar-refractivity contribution is 7.22. The minimum absolute atomic E-state index is 0.821. The van der Waals surface area contributed by atoms with Crippen molar-refractivity contribution in [1.82, 2.24) is 9.88 Å². The molecule has 0 amide bonds. The molecule has 6 heteroatoms. The number of rotatable bonds is 2. The van der Waals surface area contributed by atoms with Crippen LogP contribution >= 0.6 is 11.3 Å². The van der Waals surface area contributed by atoms with Crippen molar-refractivity contribution in [3.63, 3.8) is 0 Å². The fraction of sp³-hybridized carbons (Fsp3) is 0.562. The van der Waals surface area contributed by atoms with Crippen LogP contribution in [0, 0.1) is 0 Å². The fourth-order valence-corrected chi connectivity index (χ4v) is 4.05. The van der Waals surface area contributed by atoms with Gasteiger partial charge in [0, 0.05) is 45.0 Å². The van der Waals surface area contributed by atoms with Gasteiger partial charge < -0.3 is 19.4 Å². The van der Waals surface area contributed by atoms with Crippen molar-refractivity contribution < 1.29 is 4.74 Å². The molecule has 2 aliphatic rings. The monoisotopic (exact) mass is 318 g/mol. The predicted octanol–water partition coefficient (Wildman–Crippen LogP) is 1.88. The molecule has 22 heavy (non-hydrogen) atoms. The number of fused-ring (bicyclic) bond motifs is 1. The quantitative estimate of drug-likeness (QED) is 0.844. The number of morpholine rings is 1. The zero-order valence-corrected chi connectivity index (χ0v) is 13.8. The van der Waals surface area contributed by atoms with Crippen molar-refractivity contribution >= 4 is 32.4 Å². The van der Waals surface area contributed by atoms with Crippen molar-refractivity contribution in [2.45, 2.75) is 0 Å². The molecule has 1 aromatic heterocycles. The first-order chi connectivity index (χ1) is 10.8. The van der Waals surface area contributed by atoms with Crippen LogP contribution < -0.4 is 9.80 Å². The molecule has 0 aliphatic carbocycles. The van der Waals surface area contributed by atoms with Crippen molar-refractivity contribution in [1.29, 1.82) is 0 Å². The lowest BCUT2D eigenvalue weighted by atomic mass is 10.2. The molecule has 2 saturated heterocycles. The molecule has 0 bridgehead atoms. The van der Waals surface area contributed by atoms with Crippen LogP contribution in [0.4, 0.5) is 10.8 Å². The Hall–Kier alpha value is -1.37. The summed E-state index contributed by atoms with van der Waals surface area (Å²) in [5.74, 6) is 0. The van der Waals surface area contributed by atoms with E-state index in [4.69, 9.17) is 9.72 Å². The highest BCUT2D eigenvalue weighted by Crippen LogP contribution is 2.32. The lowest BCUT2D eigenvalue weighted by molar-refractivity contribution is 0.122.